The average Bonchev–Trinajstić information content (AvgIpc) is 2.21. The van der Waals surface area contributed by atoms with E-state index in [1.165, 1.54) is 0 Å². The van der Waals surface area contributed by atoms with Crippen molar-refractivity contribution in [3.63, 3.8) is 0 Å². The monoisotopic (exact) mass is 198 g/mol. The first kappa shape index (κ1) is 6.84. The van der Waals surface area contributed by atoms with Gasteiger partial charge in [0.2, 0.25) is 0 Å². The van der Waals surface area contributed by atoms with Crippen LogP contribution in [-0.2, 0) is 11.2 Å². The number of rotatable bonds is 3. The Hall–Kier alpha value is -1.55. The van der Waals surface area contributed by atoms with Gasteiger partial charge in [-0.1, -0.05) is 6.07 Å². The van der Waals surface area contributed by atoms with Crippen molar-refractivity contribution in [3.05, 3.63) is 23.8 Å². The van der Waals surface area contributed by atoms with Crippen LogP contribution in [0.5, 0.6) is 11.5 Å². The number of aromatic hydroxyl groups is 2. The molecule has 0 aliphatic rings. The highest BCUT2D eigenvalue weighted by atomic mass is 16.3. The molecule has 0 fully saturated rings. The molecule has 4 N–H and O–H groups in total. The smallest absolute Gasteiger partial charge is 0.157 e. The number of hydrogen-bond donors (Lipinski definition) is 3. The minimum Gasteiger partial charge on any atom is -0.504 e. The molecule has 0 bridgehead atoms. The van der Waals surface area contributed by atoms with Gasteiger partial charge in [-0.15, -0.1) is 0 Å². The van der Waals surface area contributed by atoms with Gasteiger partial charge in [0.1, 0.15) is 5.78 Å². The highest BCUT2D eigenvalue weighted by Crippen LogP contribution is 2.25. The van der Waals surface area contributed by atoms with E-state index < -0.39 is 29.7 Å². The lowest BCUT2D eigenvalue weighted by Crippen LogP contribution is -2.30. The maximum absolute atomic E-state index is 11.2. The van der Waals surface area contributed by atoms with Crippen molar-refractivity contribution in [2.75, 3.05) is 0 Å². The Labute approximate surface area is 86.2 Å². The largest absolute Gasteiger partial charge is 0.504 e. The lowest BCUT2D eigenvalue weighted by Gasteiger charge is -2.08. The second-order valence-electron chi connectivity index (χ2n) is 2.80. The van der Waals surface area contributed by atoms with Crippen molar-refractivity contribution < 1.29 is 19.1 Å². The van der Waals surface area contributed by atoms with E-state index in [0.29, 0.717) is 0 Å². The molecule has 0 unspecified atom stereocenters. The number of ketones is 1. The van der Waals surface area contributed by atoms with Gasteiger partial charge in [0.15, 0.2) is 11.5 Å². The van der Waals surface area contributed by atoms with Gasteiger partial charge in [-0.3, -0.25) is 4.79 Å². The summed E-state index contributed by atoms with van der Waals surface area (Å²) in [6.07, 6.45) is -2.48. The molecular formula is C10H13NO3. The second-order valence-corrected chi connectivity index (χ2v) is 2.80. The molecule has 1 aromatic carbocycles. The quantitative estimate of drug-likeness (QED) is 0.619. The Kier molecular flexibility index (Phi) is 2.01. The van der Waals surface area contributed by atoms with E-state index in [1.807, 2.05) is 0 Å². The number of hydrogen-bond acceptors (Lipinski definition) is 4. The van der Waals surface area contributed by atoms with Gasteiger partial charge < -0.3 is 15.9 Å². The van der Waals surface area contributed by atoms with Crippen molar-refractivity contribution in [3.8, 4) is 11.5 Å². The van der Waals surface area contributed by atoms with Gasteiger partial charge in [-0.05, 0) is 31.0 Å². The first-order valence-electron chi connectivity index (χ1n) is 5.43. The van der Waals surface area contributed by atoms with E-state index >= 15 is 0 Å². The topological polar surface area (TPSA) is 83.6 Å². The molecule has 4 nitrogen and oxygen atoms in total. The van der Waals surface area contributed by atoms with Gasteiger partial charge in [0, 0.05) is 2.74 Å². The summed E-state index contributed by atoms with van der Waals surface area (Å²) in [4.78, 5) is 11.2. The molecular weight excluding hydrogens is 182 g/mol. The Morgan fingerprint density at radius 1 is 1.64 bits per heavy atom. The molecule has 4 heteroatoms. The van der Waals surface area contributed by atoms with Gasteiger partial charge in [0.25, 0.3) is 0 Å². The van der Waals surface area contributed by atoms with E-state index in [4.69, 9.17) is 15.0 Å². The molecule has 1 rings (SSSR count). The van der Waals surface area contributed by atoms with E-state index in [9.17, 15) is 9.90 Å². The summed E-state index contributed by atoms with van der Waals surface area (Å²) in [5.41, 5.74) is 5.20. The van der Waals surface area contributed by atoms with Crippen molar-refractivity contribution in [1.29, 1.82) is 0 Å². The van der Waals surface area contributed by atoms with Crippen LogP contribution in [0.25, 0.3) is 0 Å². The molecule has 1 atom stereocenters. The highest BCUT2D eigenvalue weighted by molar-refractivity contribution is 5.81. The highest BCUT2D eigenvalue weighted by Gasteiger charge is 2.10. The van der Waals surface area contributed by atoms with E-state index in [2.05, 4.69) is 0 Å². The van der Waals surface area contributed by atoms with Crippen molar-refractivity contribution in [2.24, 2.45) is 5.73 Å². The third-order valence-electron chi connectivity index (χ3n) is 1.63. The predicted molar refractivity (Wildman–Crippen MR) is 52.1 cm³/mol. The van der Waals surface area contributed by atoms with Crippen LogP contribution in [0.2, 0.25) is 0 Å². The van der Waals surface area contributed by atoms with Crippen LogP contribution in [0, 0.1) is 0 Å². The summed E-state index contributed by atoms with van der Waals surface area (Å²) in [5, 5.41) is 18.4. The fraction of sp³-hybridized carbons (Fsp3) is 0.300. The number of Topliss-reactive ketones (excluding diaryl/α,β-unsaturated/α-hetero) is 1. The maximum atomic E-state index is 11.2. The summed E-state index contributed by atoms with van der Waals surface area (Å²) in [6, 6.07) is 0.706. The number of nitrogens with two attached hydrogens (primary N) is 1. The molecule has 0 saturated heterocycles. The number of benzene rings is 1. The van der Waals surface area contributed by atoms with Gasteiger partial charge in [-0.25, -0.2) is 0 Å². The van der Waals surface area contributed by atoms with Crippen LogP contribution >= 0.6 is 0 Å². The minimum absolute atomic E-state index is 0.152. The van der Waals surface area contributed by atoms with Gasteiger partial charge >= 0.3 is 0 Å². The van der Waals surface area contributed by atoms with Crippen LogP contribution in [0.1, 0.15) is 16.6 Å². The molecule has 0 aromatic heterocycles. The number of carbonyl (C=O) groups excluding carboxylic acids is 1. The molecule has 0 heterocycles. The van der Waals surface area contributed by atoms with Crippen molar-refractivity contribution >= 4 is 5.78 Å². The Morgan fingerprint density at radius 2 is 2.29 bits per heavy atom. The molecule has 76 valence electrons. The molecule has 0 spiro atoms. The summed E-state index contributed by atoms with van der Waals surface area (Å²) in [5.74, 6) is -1.79. The first-order valence-corrected chi connectivity index (χ1v) is 3.93. The zero-order chi connectivity index (χ0) is 13.4. The van der Waals surface area contributed by atoms with Crippen LogP contribution in [-0.4, -0.2) is 22.0 Å². The van der Waals surface area contributed by atoms with E-state index in [0.717, 1.165) is 25.1 Å². The summed E-state index contributed by atoms with van der Waals surface area (Å²) >= 11 is 0. The third kappa shape index (κ3) is 2.47. The fourth-order valence-corrected chi connectivity index (χ4v) is 0.845. The SMILES string of the molecule is [2H]C([2H])(c1ccc(O)c(O)c1)[C@]([2H])(N)C(C)=O. The Balaban J connectivity index is 3.30. The van der Waals surface area contributed by atoms with Crippen LogP contribution in [0.15, 0.2) is 18.2 Å². The van der Waals surface area contributed by atoms with Crippen LogP contribution in [0.3, 0.4) is 0 Å². The van der Waals surface area contributed by atoms with Crippen LogP contribution in [0.4, 0.5) is 0 Å². The van der Waals surface area contributed by atoms with Crippen LogP contribution < -0.4 is 5.73 Å². The third-order valence-corrected chi connectivity index (χ3v) is 1.63. The second kappa shape index (κ2) is 4.11. The van der Waals surface area contributed by atoms with E-state index in [1.54, 1.807) is 0 Å². The number of phenols is 2. The molecule has 0 radical (unpaired) electrons. The van der Waals surface area contributed by atoms with Gasteiger partial charge in [-0.2, -0.15) is 0 Å². The number of carbonyl (C=O) groups is 1. The van der Waals surface area contributed by atoms with Crippen molar-refractivity contribution in [1.82, 2.24) is 0 Å². The predicted octanol–water partition coefficient (Wildman–Crippen LogP) is 0.557. The lowest BCUT2D eigenvalue weighted by molar-refractivity contribution is -0.118. The average molecular weight is 198 g/mol. The first-order chi connectivity index (χ1) is 7.60. The van der Waals surface area contributed by atoms with Gasteiger partial charge in [0.05, 0.1) is 7.39 Å². The minimum atomic E-state index is -2.48. The van der Waals surface area contributed by atoms with E-state index in [-0.39, 0.29) is 5.56 Å². The lowest BCUT2D eigenvalue weighted by atomic mass is 10.0. The zero-order valence-corrected chi connectivity index (χ0v) is 7.61. The summed E-state index contributed by atoms with van der Waals surface area (Å²) < 4.78 is 23.0. The Bertz CT molecular complexity index is 460. The molecule has 0 amide bonds. The normalized spacial score (nSPS) is 18.9. The maximum Gasteiger partial charge on any atom is 0.157 e. The number of phenolic OH excluding ortho intramolecular Hbond substituents is 2. The zero-order valence-electron chi connectivity index (χ0n) is 10.6. The molecule has 14 heavy (non-hydrogen) atoms. The fourth-order valence-electron chi connectivity index (χ4n) is 0.845. The summed E-state index contributed by atoms with van der Waals surface area (Å²) in [6.45, 7) is 1.02. The summed E-state index contributed by atoms with van der Waals surface area (Å²) in [7, 11) is 0. The standard InChI is InChI=1S/C10H13NO3/c1-6(12)8(11)4-7-2-3-9(13)10(14)5-7/h2-3,5,8,13-14H,4,11H2,1H3/t8-/m0/s1/i4D2,8D. The molecule has 0 aliphatic carbocycles. The molecule has 0 aliphatic heterocycles. The molecule has 0 saturated carbocycles. The Morgan fingerprint density at radius 3 is 2.79 bits per heavy atom. The van der Waals surface area contributed by atoms with Crippen molar-refractivity contribution in [2.45, 2.75) is 19.3 Å². The molecule has 1 aromatic rings.